The molecule has 0 radical (unpaired) electrons. The van der Waals surface area contributed by atoms with E-state index in [4.69, 9.17) is 27.4 Å². The van der Waals surface area contributed by atoms with Crippen LogP contribution in [0.5, 0.6) is 0 Å². The summed E-state index contributed by atoms with van der Waals surface area (Å²) in [5.74, 6) is -3.72. The van der Waals surface area contributed by atoms with E-state index in [1.807, 2.05) is 0 Å². The molecule has 13 nitrogen and oxygen atoms in total. The van der Waals surface area contributed by atoms with Crippen molar-refractivity contribution < 1.29 is 29.4 Å². The van der Waals surface area contributed by atoms with Gasteiger partial charge < -0.3 is 43.4 Å². The van der Waals surface area contributed by atoms with Gasteiger partial charge in [0.25, 0.3) is 0 Å². The number of amides is 3. The highest BCUT2D eigenvalue weighted by molar-refractivity contribution is 7.80. The summed E-state index contributed by atoms with van der Waals surface area (Å²) in [5.41, 5.74) is 15.9. The average molecular weight is 436 g/mol. The molecule has 14 heteroatoms. The summed E-state index contributed by atoms with van der Waals surface area (Å²) in [4.78, 5) is 51.2. The molecule has 0 aliphatic carbocycles. The fourth-order valence-corrected chi connectivity index (χ4v) is 2.24. The second-order valence-electron chi connectivity index (χ2n) is 6.11. The van der Waals surface area contributed by atoms with E-state index in [1.165, 1.54) is 6.92 Å². The number of thiol groups is 1. The van der Waals surface area contributed by atoms with Crippen LogP contribution >= 0.6 is 12.6 Å². The van der Waals surface area contributed by atoms with Gasteiger partial charge >= 0.3 is 5.97 Å². The lowest BCUT2D eigenvalue weighted by Gasteiger charge is -2.23. The van der Waals surface area contributed by atoms with Gasteiger partial charge in [-0.15, -0.1) is 0 Å². The predicted molar refractivity (Wildman–Crippen MR) is 108 cm³/mol. The van der Waals surface area contributed by atoms with E-state index in [0.717, 1.165) is 0 Å². The van der Waals surface area contributed by atoms with Crippen LogP contribution in [0.3, 0.4) is 0 Å². The minimum atomic E-state index is -1.27. The first-order chi connectivity index (χ1) is 13.5. The van der Waals surface area contributed by atoms with Gasteiger partial charge in [0.1, 0.15) is 24.2 Å². The topological polar surface area (TPSA) is 235 Å². The van der Waals surface area contributed by atoms with Crippen molar-refractivity contribution in [1.29, 1.82) is 0 Å². The van der Waals surface area contributed by atoms with E-state index in [9.17, 15) is 19.2 Å². The summed E-state index contributed by atoms with van der Waals surface area (Å²) in [5, 5.41) is 24.9. The van der Waals surface area contributed by atoms with E-state index in [2.05, 4.69) is 33.6 Å². The smallest absolute Gasteiger partial charge is 0.327 e. The van der Waals surface area contributed by atoms with Gasteiger partial charge in [0.2, 0.25) is 17.7 Å². The fraction of sp³-hybridized carbons (Fsp3) is 0.667. The lowest BCUT2D eigenvalue weighted by atomic mass is 10.1. The first-order valence-corrected chi connectivity index (χ1v) is 9.33. The first-order valence-electron chi connectivity index (χ1n) is 8.70. The maximum atomic E-state index is 12.5. The molecule has 0 aromatic heterocycles. The molecule has 0 aromatic carbocycles. The number of nitrogens with zero attached hydrogens (tertiary/aromatic N) is 1. The quantitative estimate of drug-likeness (QED) is 0.0590. The van der Waals surface area contributed by atoms with Crippen LogP contribution in [-0.2, 0) is 19.2 Å². The first kappa shape index (κ1) is 26.4. The number of aliphatic hydroxyl groups is 1. The van der Waals surface area contributed by atoms with Crippen molar-refractivity contribution in [1.82, 2.24) is 16.0 Å². The van der Waals surface area contributed by atoms with Crippen LogP contribution in [0.25, 0.3) is 0 Å². The van der Waals surface area contributed by atoms with Gasteiger partial charge in [0.15, 0.2) is 5.96 Å². The van der Waals surface area contributed by atoms with E-state index in [-0.39, 0.29) is 24.7 Å². The van der Waals surface area contributed by atoms with Crippen molar-refractivity contribution in [3.05, 3.63) is 0 Å². The fourth-order valence-electron chi connectivity index (χ4n) is 2.00. The van der Waals surface area contributed by atoms with Crippen LogP contribution in [-0.4, -0.2) is 82.9 Å². The molecule has 4 unspecified atom stereocenters. The number of aliphatic carboxylic acids is 1. The molecule has 0 aliphatic rings. The summed E-state index contributed by atoms with van der Waals surface area (Å²) in [6.07, 6.45) is 0.446. The molecule has 29 heavy (non-hydrogen) atoms. The molecule has 0 saturated heterocycles. The number of carboxylic acids is 1. The lowest BCUT2D eigenvalue weighted by molar-refractivity contribution is -0.141. The number of carboxylic acid groups (broad SMARTS) is 1. The third kappa shape index (κ3) is 10.5. The van der Waals surface area contributed by atoms with Gasteiger partial charge in [-0.25, -0.2) is 4.79 Å². The Balaban J connectivity index is 5.01. The van der Waals surface area contributed by atoms with Gasteiger partial charge in [-0.2, -0.15) is 12.6 Å². The SMILES string of the molecule is CC(NC(=O)C(CCCN=C(N)N)NC(=O)C(N)CO)C(=O)NC(CS)C(=O)O. The molecule has 0 spiro atoms. The Morgan fingerprint density at radius 2 is 1.62 bits per heavy atom. The molecular formula is C15H29N7O6S. The molecule has 11 N–H and O–H groups in total. The maximum Gasteiger partial charge on any atom is 0.327 e. The van der Waals surface area contributed by atoms with Crippen molar-refractivity contribution in [2.24, 2.45) is 22.2 Å². The number of nitrogens with two attached hydrogens (primary N) is 3. The molecule has 0 bridgehead atoms. The number of hydrogen-bond donors (Lipinski definition) is 9. The van der Waals surface area contributed by atoms with Gasteiger partial charge in [0.05, 0.1) is 6.61 Å². The minimum absolute atomic E-state index is 0.120. The summed E-state index contributed by atoms with van der Waals surface area (Å²) in [6.45, 7) is 0.933. The van der Waals surface area contributed by atoms with Gasteiger partial charge in [-0.1, -0.05) is 0 Å². The third-order valence-electron chi connectivity index (χ3n) is 3.66. The molecule has 0 aliphatic heterocycles. The Morgan fingerprint density at radius 3 is 2.10 bits per heavy atom. The van der Waals surface area contributed by atoms with Gasteiger partial charge in [-0.3, -0.25) is 19.4 Å². The Bertz CT molecular complexity index is 614. The summed E-state index contributed by atoms with van der Waals surface area (Å²) < 4.78 is 0. The average Bonchev–Trinajstić information content (AvgIpc) is 2.66. The zero-order valence-electron chi connectivity index (χ0n) is 16.0. The van der Waals surface area contributed by atoms with E-state index >= 15 is 0 Å². The second kappa shape index (κ2) is 13.6. The van der Waals surface area contributed by atoms with Crippen molar-refractivity contribution in [2.45, 2.75) is 43.9 Å². The molecule has 4 atom stereocenters. The Labute approximate surface area is 173 Å². The largest absolute Gasteiger partial charge is 0.480 e. The molecule has 0 heterocycles. The van der Waals surface area contributed by atoms with Crippen molar-refractivity contribution in [2.75, 3.05) is 18.9 Å². The molecule has 0 aromatic rings. The number of aliphatic hydroxyl groups excluding tert-OH is 1. The lowest BCUT2D eigenvalue weighted by Crippen LogP contribution is -2.56. The molecule has 3 amide bonds. The second-order valence-corrected chi connectivity index (χ2v) is 6.48. The highest BCUT2D eigenvalue weighted by atomic mass is 32.1. The monoisotopic (exact) mass is 435 g/mol. The van der Waals surface area contributed by atoms with Crippen LogP contribution in [0.2, 0.25) is 0 Å². The number of aliphatic imine (C=N–C) groups is 1. The number of hydrogen-bond acceptors (Lipinski definition) is 8. The van der Waals surface area contributed by atoms with Gasteiger partial charge in [0, 0.05) is 12.3 Å². The van der Waals surface area contributed by atoms with Crippen LogP contribution in [0.15, 0.2) is 4.99 Å². The molecule has 0 saturated carbocycles. The standard InChI is InChI=1S/C15H29N7O6S/c1-7(11(24)22-10(6-29)14(27)28)20-13(26)9(3-2-4-19-15(17)18)21-12(25)8(16)5-23/h7-10,23,29H,2-6,16H2,1H3,(H,20,26)(H,21,25)(H,22,24)(H,27,28)(H4,17,18,19). The van der Waals surface area contributed by atoms with Gasteiger partial charge in [-0.05, 0) is 19.8 Å². The minimum Gasteiger partial charge on any atom is -0.480 e. The Morgan fingerprint density at radius 1 is 1.03 bits per heavy atom. The summed E-state index contributed by atoms with van der Waals surface area (Å²) >= 11 is 3.84. The molecule has 0 rings (SSSR count). The third-order valence-corrected chi connectivity index (χ3v) is 4.03. The number of carbonyl (C=O) groups is 4. The van der Waals surface area contributed by atoms with Crippen molar-refractivity contribution in [3.8, 4) is 0 Å². The maximum absolute atomic E-state index is 12.5. The Kier molecular flexibility index (Phi) is 12.4. The molecular weight excluding hydrogens is 406 g/mol. The highest BCUT2D eigenvalue weighted by Crippen LogP contribution is 2.01. The number of guanidine groups is 1. The zero-order valence-corrected chi connectivity index (χ0v) is 16.9. The van der Waals surface area contributed by atoms with Crippen LogP contribution < -0.4 is 33.2 Å². The van der Waals surface area contributed by atoms with E-state index < -0.39 is 54.5 Å². The number of carbonyl (C=O) groups excluding carboxylic acids is 3. The molecule has 0 fully saturated rings. The van der Waals surface area contributed by atoms with Crippen molar-refractivity contribution in [3.63, 3.8) is 0 Å². The summed E-state index contributed by atoms with van der Waals surface area (Å²) in [7, 11) is 0. The van der Waals surface area contributed by atoms with E-state index in [0.29, 0.717) is 6.42 Å². The van der Waals surface area contributed by atoms with Crippen molar-refractivity contribution >= 4 is 42.3 Å². The highest BCUT2D eigenvalue weighted by Gasteiger charge is 2.27. The zero-order chi connectivity index (χ0) is 22.6. The normalized spacial score (nSPS) is 14.6. The molecule has 166 valence electrons. The Hall–Kier alpha value is -2.58. The number of nitrogens with one attached hydrogen (secondary N) is 3. The van der Waals surface area contributed by atoms with E-state index in [1.54, 1.807) is 0 Å². The van der Waals surface area contributed by atoms with Crippen LogP contribution in [0, 0.1) is 0 Å². The number of rotatable bonds is 13. The van der Waals surface area contributed by atoms with Crippen LogP contribution in [0.1, 0.15) is 19.8 Å². The van der Waals surface area contributed by atoms with Crippen LogP contribution in [0.4, 0.5) is 0 Å². The summed E-state index contributed by atoms with van der Waals surface area (Å²) in [6, 6.07) is -4.61. The predicted octanol–water partition coefficient (Wildman–Crippen LogP) is -4.15.